The third-order valence-electron chi connectivity index (χ3n) is 5.14. The molecule has 3 aromatic rings. The van der Waals surface area contributed by atoms with Gasteiger partial charge in [0.15, 0.2) is 23.0 Å². The number of benzene rings is 1. The van der Waals surface area contributed by atoms with Crippen LogP contribution in [-0.4, -0.2) is 35.9 Å². The highest BCUT2D eigenvalue weighted by atomic mass is 16.5. The molecule has 0 aliphatic carbocycles. The molecule has 31 heavy (non-hydrogen) atoms. The molecule has 0 bridgehead atoms. The van der Waals surface area contributed by atoms with Crippen LogP contribution in [-0.2, 0) is 11.3 Å². The Morgan fingerprint density at radius 3 is 2.52 bits per heavy atom. The van der Waals surface area contributed by atoms with Crippen molar-refractivity contribution in [2.75, 3.05) is 14.2 Å². The van der Waals surface area contributed by atoms with Crippen molar-refractivity contribution >= 4 is 11.7 Å². The van der Waals surface area contributed by atoms with E-state index in [1.165, 1.54) is 31.4 Å². The first kappa shape index (κ1) is 20.3. The van der Waals surface area contributed by atoms with E-state index in [1.807, 2.05) is 0 Å². The van der Waals surface area contributed by atoms with E-state index in [0.717, 1.165) is 0 Å². The number of ether oxygens (including phenoxy) is 2. The maximum absolute atomic E-state index is 13.3. The molecule has 0 radical (unpaired) electrons. The second-order valence-electron chi connectivity index (χ2n) is 7.03. The van der Waals surface area contributed by atoms with Gasteiger partial charge >= 0.3 is 0 Å². The zero-order valence-corrected chi connectivity index (χ0v) is 17.2. The predicted octanol–water partition coefficient (Wildman–Crippen LogP) is 3.98. The van der Waals surface area contributed by atoms with Crippen molar-refractivity contribution in [3.8, 4) is 11.5 Å². The number of ketones is 1. The molecule has 8 heteroatoms. The molecule has 1 amide bonds. The molecule has 1 aliphatic heterocycles. The SMILES string of the molecule is COc1ccc([C@@H]2C(C(=O)c3ccc(C)o3)=C(O)C(=O)N2Cc2ccco2)cc1OC. The van der Waals surface area contributed by atoms with E-state index in [-0.39, 0.29) is 17.9 Å². The van der Waals surface area contributed by atoms with E-state index >= 15 is 0 Å². The van der Waals surface area contributed by atoms with Crippen molar-refractivity contribution in [3.63, 3.8) is 0 Å². The van der Waals surface area contributed by atoms with Gasteiger partial charge in [0, 0.05) is 0 Å². The molecule has 0 spiro atoms. The second kappa shape index (κ2) is 8.06. The molecule has 1 atom stereocenters. The average Bonchev–Trinajstić information content (AvgIpc) is 3.50. The molecule has 8 nitrogen and oxygen atoms in total. The molecular formula is C23H21NO7. The lowest BCUT2D eigenvalue weighted by molar-refractivity contribution is -0.130. The van der Waals surface area contributed by atoms with Crippen molar-refractivity contribution in [3.05, 3.63) is 82.9 Å². The molecule has 1 N–H and O–H groups in total. The van der Waals surface area contributed by atoms with Gasteiger partial charge in [-0.25, -0.2) is 0 Å². The van der Waals surface area contributed by atoms with E-state index in [4.69, 9.17) is 18.3 Å². The Labute approximate surface area is 178 Å². The van der Waals surface area contributed by atoms with Crippen molar-refractivity contribution < 1.29 is 33.0 Å². The molecule has 160 valence electrons. The third-order valence-corrected chi connectivity index (χ3v) is 5.14. The standard InChI is InChI=1S/C23H21NO7/c1-13-6-8-17(31-13)21(25)19-20(14-7-9-16(28-2)18(11-14)29-3)24(23(27)22(19)26)12-15-5-4-10-30-15/h4-11,20,26H,12H2,1-3H3/t20-/m1/s1. The van der Waals surface area contributed by atoms with Gasteiger partial charge in [-0.05, 0) is 48.9 Å². The molecule has 0 saturated heterocycles. The maximum Gasteiger partial charge on any atom is 0.290 e. The molecule has 3 heterocycles. The zero-order chi connectivity index (χ0) is 22.1. The first-order valence-electron chi connectivity index (χ1n) is 9.54. The lowest BCUT2D eigenvalue weighted by Gasteiger charge is -2.26. The van der Waals surface area contributed by atoms with E-state index < -0.39 is 23.5 Å². The number of amides is 1. The van der Waals surface area contributed by atoms with Crippen LogP contribution in [0, 0.1) is 6.92 Å². The van der Waals surface area contributed by atoms with Crippen molar-refractivity contribution in [1.29, 1.82) is 0 Å². The molecular weight excluding hydrogens is 402 g/mol. The van der Waals surface area contributed by atoms with E-state index in [0.29, 0.717) is 28.6 Å². The van der Waals surface area contributed by atoms with Gasteiger partial charge in [-0.15, -0.1) is 0 Å². The number of furan rings is 2. The van der Waals surface area contributed by atoms with Crippen LogP contribution < -0.4 is 9.47 Å². The third kappa shape index (κ3) is 3.56. The first-order valence-corrected chi connectivity index (χ1v) is 9.54. The van der Waals surface area contributed by atoms with Crippen molar-refractivity contribution in [2.45, 2.75) is 19.5 Å². The number of carbonyl (C=O) groups is 2. The number of aliphatic hydroxyl groups excluding tert-OH is 1. The molecule has 0 fully saturated rings. The summed E-state index contributed by atoms with van der Waals surface area (Å²) >= 11 is 0. The number of Topliss-reactive ketones (excluding diaryl/α,β-unsaturated/α-hetero) is 1. The Morgan fingerprint density at radius 2 is 1.90 bits per heavy atom. The second-order valence-corrected chi connectivity index (χ2v) is 7.03. The minimum Gasteiger partial charge on any atom is -0.503 e. The number of rotatable bonds is 7. The molecule has 0 unspecified atom stereocenters. The van der Waals surface area contributed by atoms with E-state index in [2.05, 4.69) is 0 Å². The quantitative estimate of drug-likeness (QED) is 0.574. The summed E-state index contributed by atoms with van der Waals surface area (Å²) in [6.07, 6.45) is 1.49. The minimum absolute atomic E-state index is 0.0391. The Morgan fingerprint density at radius 1 is 1.13 bits per heavy atom. The highest BCUT2D eigenvalue weighted by molar-refractivity contribution is 6.15. The summed E-state index contributed by atoms with van der Waals surface area (Å²) in [7, 11) is 3.01. The van der Waals surface area contributed by atoms with Gasteiger partial charge in [0.05, 0.1) is 38.6 Å². The monoisotopic (exact) mass is 423 g/mol. The average molecular weight is 423 g/mol. The van der Waals surface area contributed by atoms with Gasteiger partial charge in [-0.2, -0.15) is 0 Å². The summed E-state index contributed by atoms with van der Waals surface area (Å²) in [6, 6.07) is 10.8. The van der Waals surface area contributed by atoms with Gasteiger partial charge in [0.2, 0.25) is 5.78 Å². The summed E-state index contributed by atoms with van der Waals surface area (Å²) in [4.78, 5) is 27.6. The number of aliphatic hydroxyl groups is 1. The molecule has 1 aromatic carbocycles. The normalized spacial score (nSPS) is 16.2. The highest BCUT2D eigenvalue weighted by Crippen LogP contribution is 2.42. The van der Waals surface area contributed by atoms with Crippen LogP contribution in [0.25, 0.3) is 0 Å². The number of methoxy groups -OCH3 is 2. The smallest absolute Gasteiger partial charge is 0.290 e. The predicted molar refractivity (Wildman–Crippen MR) is 109 cm³/mol. The lowest BCUT2D eigenvalue weighted by atomic mass is 9.94. The van der Waals surface area contributed by atoms with Crippen LogP contribution in [0.4, 0.5) is 0 Å². The van der Waals surface area contributed by atoms with Crippen LogP contribution in [0.1, 0.15) is 33.7 Å². The summed E-state index contributed by atoms with van der Waals surface area (Å²) in [5, 5.41) is 10.7. The Kier molecular flexibility index (Phi) is 5.29. The van der Waals surface area contributed by atoms with E-state index in [1.54, 1.807) is 43.3 Å². The first-order chi connectivity index (χ1) is 14.9. The van der Waals surface area contributed by atoms with Crippen LogP contribution >= 0.6 is 0 Å². The molecule has 4 rings (SSSR count). The molecule has 2 aromatic heterocycles. The Bertz CT molecular complexity index is 1160. The maximum atomic E-state index is 13.3. The number of nitrogens with zero attached hydrogens (tertiary/aromatic N) is 1. The largest absolute Gasteiger partial charge is 0.503 e. The minimum atomic E-state index is -0.879. The fourth-order valence-corrected chi connectivity index (χ4v) is 3.68. The fourth-order valence-electron chi connectivity index (χ4n) is 3.68. The Hall–Kier alpha value is -3.94. The summed E-state index contributed by atoms with van der Waals surface area (Å²) in [6.45, 7) is 1.77. The number of hydrogen-bond acceptors (Lipinski definition) is 7. The summed E-state index contributed by atoms with van der Waals surface area (Å²) in [5.74, 6) is 0.149. The summed E-state index contributed by atoms with van der Waals surface area (Å²) < 4.78 is 21.5. The van der Waals surface area contributed by atoms with Crippen LogP contribution in [0.3, 0.4) is 0 Å². The Balaban J connectivity index is 1.83. The number of hydrogen-bond donors (Lipinski definition) is 1. The number of carbonyl (C=O) groups excluding carboxylic acids is 2. The topological polar surface area (TPSA) is 102 Å². The van der Waals surface area contributed by atoms with Gasteiger partial charge in [0.25, 0.3) is 5.91 Å². The highest BCUT2D eigenvalue weighted by Gasteiger charge is 2.45. The van der Waals surface area contributed by atoms with Crippen LogP contribution in [0.15, 0.2) is 68.9 Å². The van der Waals surface area contributed by atoms with Gasteiger partial charge in [0.1, 0.15) is 11.5 Å². The summed E-state index contributed by atoms with van der Waals surface area (Å²) in [5.41, 5.74) is 0.492. The zero-order valence-electron chi connectivity index (χ0n) is 17.2. The number of aryl methyl sites for hydroxylation is 1. The fraction of sp³-hybridized carbons (Fsp3) is 0.217. The molecule has 0 saturated carbocycles. The van der Waals surface area contributed by atoms with Crippen LogP contribution in [0.2, 0.25) is 0 Å². The van der Waals surface area contributed by atoms with Gasteiger partial charge in [-0.1, -0.05) is 6.07 Å². The van der Waals surface area contributed by atoms with Gasteiger partial charge in [-0.3, -0.25) is 9.59 Å². The lowest BCUT2D eigenvalue weighted by Crippen LogP contribution is -2.30. The van der Waals surface area contributed by atoms with Crippen molar-refractivity contribution in [1.82, 2.24) is 4.90 Å². The van der Waals surface area contributed by atoms with Gasteiger partial charge < -0.3 is 28.3 Å². The van der Waals surface area contributed by atoms with Crippen LogP contribution in [0.5, 0.6) is 11.5 Å². The van der Waals surface area contributed by atoms with Crippen molar-refractivity contribution in [2.24, 2.45) is 0 Å². The van der Waals surface area contributed by atoms with E-state index in [9.17, 15) is 14.7 Å². The molecule has 1 aliphatic rings.